The molecule has 134 valence electrons. The number of carbonyl (C=O) groups is 1. The Hall–Kier alpha value is -2.31. The van der Waals surface area contributed by atoms with E-state index in [9.17, 15) is 4.79 Å². The zero-order valence-electron chi connectivity index (χ0n) is 14.8. The van der Waals surface area contributed by atoms with Crippen LogP contribution in [0.2, 0.25) is 0 Å². The molecule has 0 spiro atoms. The summed E-state index contributed by atoms with van der Waals surface area (Å²) in [6, 6.07) is 15.2. The molecule has 1 saturated heterocycles. The lowest BCUT2D eigenvalue weighted by atomic mass is 10.1. The first kappa shape index (κ1) is 18.5. The summed E-state index contributed by atoms with van der Waals surface area (Å²) in [6.07, 6.45) is 1.81. The Kier molecular flexibility index (Phi) is 5.64. The van der Waals surface area contributed by atoms with Crippen molar-refractivity contribution in [3.63, 3.8) is 0 Å². The van der Waals surface area contributed by atoms with Gasteiger partial charge in [0.25, 0.3) is 5.91 Å². The average molecular weight is 386 g/mol. The standard InChI is InChI=1S/C20H19NO3S2/c1-13(14-7-5-4-6-8-14)21-19(22)18(26-20(21)25)11-15-9-10-16(23-2)12-17(15)24-3/h4-13H,1-3H3. The highest BCUT2D eigenvalue weighted by Gasteiger charge is 2.36. The van der Waals surface area contributed by atoms with Crippen LogP contribution in [-0.2, 0) is 4.79 Å². The Morgan fingerprint density at radius 1 is 1.12 bits per heavy atom. The quantitative estimate of drug-likeness (QED) is 0.553. The second-order valence-corrected chi connectivity index (χ2v) is 7.42. The molecule has 1 atom stereocenters. The molecular formula is C20H19NO3S2. The molecule has 26 heavy (non-hydrogen) atoms. The molecule has 2 aromatic rings. The predicted molar refractivity (Wildman–Crippen MR) is 109 cm³/mol. The van der Waals surface area contributed by atoms with Gasteiger partial charge in [-0.15, -0.1) is 0 Å². The molecule has 1 fully saturated rings. The van der Waals surface area contributed by atoms with E-state index in [0.717, 1.165) is 11.1 Å². The van der Waals surface area contributed by atoms with Crippen LogP contribution in [0.3, 0.4) is 0 Å². The summed E-state index contributed by atoms with van der Waals surface area (Å²) in [5.41, 5.74) is 1.85. The topological polar surface area (TPSA) is 38.8 Å². The Morgan fingerprint density at radius 2 is 1.85 bits per heavy atom. The highest BCUT2D eigenvalue weighted by Crippen LogP contribution is 2.39. The fourth-order valence-corrected chi connectivity index (χ4v) is 4.18. The third-order valence-electron chi connectivity index (χ3n) is 4.22. The summed E-state index contributed by atoms with van der Waals surface area (Å²) in [5, 5.41) is 0. The minimum Gasteiger partial charge on any atom is -0.497 e. The predicted octanol–water partition coefficient (Wildman–Crippen LogP) is 4.67. The number of hydrogen-bond donors (Lipinski definition) is 0. The fraction of sp³-hybridized carbons (Fsp3) is 0.200. The van der Waals surface area contributed by atoms with Crippen LogP contribution < -0.4 is 9.47 Å². The van der Waals surface area contributed by atoms with Gasteiger partial charge in [-0.25, -0.2) is 0 Å². The SMILES string of the molecule is COc1ccc(C=C2SC(=S)N(C(C)c3ccccc3)C2=O)c(OC)c1. The van der Waals surface area contributed by atoms with Crippen molar-refractivity contribution in [3.8, 4) is 11.5 Å². The molecule has 0 aromatic heterocycles. The Bertz CT molecular complexity index is 865. The van der Waals surface area contributed by atoms with Crippen molar-refractivity contribution >= 4 is 40.3 Å². The third kappa shape index (κ3) is 3.61. The number of thioether (sulfide) groups is 1. The van der Waals surface area contributed by atoms with Crippen molar-refractivity contribution in [2.45, 2.75) is 13.0 Å². The lowest BCUT2D eigenvalue weighted by Crippen LogP contribution is -2.30. The molecule has 0 aliphatic carbocycles. The van der Waals surface area contributed by atoms with Crippen LogP contribution in [0.25, 0.3) is 6.08 Å². The van der Waals surface area contributed by atoms with Crippen LogP contribution in [0.4, 0.5) is 0 Å². The summed E-state index contributed by atoms with van der Waals surface area (Å²) in [6.45, 7) is 1.98. The van der Waals surface area contributed by atoms with Gasteiger partial charge in [-0.1, -0.05) is 54.3 Å². The molecule has 0 bridgehead atoms. The van der Waals surface area contributed by atoms with Crippen LogP contribution in [0, 0.1) is 0 Å². The van der Waals surface area contributed by atoms with E-state index in [4.69, 9.17) is 21.7 Å². The lowest BCUT2D eigenvalue weighted by molar-refractivity contribution is -0.123. The number of amides is 1. The monoisotopic (exact) mass is 385 g/mol. The Balaban J connectivity index is 1.90. The molecule has 2 aromatic carbocycles. The van der Waals surface area contributed by atoms with Gasteiger partial charge in [-0.3, -0.25) is 9.69 Å². The number of rotatable bonds is 5. The maximum atomic E-state index is 12.9. The number of thiocarbonyl (C=S) groups is 1. The van der Waals surface area contributed by atoms with Gasteiger partial charge in [0, 0.05) is 11.6 Å². The fourth-order valence-electron chi connectivity index (χ4n) is 2.77. The van der Waals surface area contributed by atoms with Gasteiger partial charge >= 0.3 is 0 Å². The summed E-state index contributed by atoms with van der Waals surface area (Å²) < 4.78 is 11.2. The third-order valence-corrected chi connectivity index (χ3v) is 5.55. The van der Waals surface area contributed by atoms with Crippen molar-refractivity contribution in [2.24, 2.45) is 0 Å². The first-order valence-corrected chi connectivity index (χ1v) is 9.31. The molecule has 6 heteroatoms. The van der Waals surface area contributed by atoms with Crippen LogP contribution in [0.1, 0.15) is 24.1 Å². The van der Waals surface area contributed by atoms with E-state index >= 15 is 0 Å². The van der Waals surface area contributed by atoms with Gasteiger partial charge in [-0.05, 0) is 30.7 Å². The van der Waals surface area contributed by atoms with Crippen molar-refractivity contribution in [1.82, 2.24) is 4.90 Å². The van der Waals surface area contributed by atoms with Crippen molar-refractivity contribution < 1.29 is 14.3 Å². The maximum absolute atomic E-state index is 12.9. The van der Waals surface area contributed by atoms with E-state index in [1.54, 1.807) is 25.2 Å². The second-order valence-electron chi connectivity index (χ2n) is 5.75. The van der Waals surface area contributed by atoms with Crippen LogP contribution in [0.5, 0.6) is 11.5 Å². The number of carbonyl (C=O) groups excluding carboxylic acids is 1. The Labute approximate surface area is 162 Å². The summed E-state index contributed by atoms with van der Waals surface area (Å²) in [5.74, 6) is 1.25. The smallest absolute Gasteiger partial charge is 0.266 e. The molecule has 1 unspecified atom stereocenters. The zero-order valence-corrected chi connectivity index (χ0v) is 16.4. The van der Waals surface area contributed by atoms with E-state index in [-0.39, 0.29) is 11.9 Å². The summed E-state index contributed by atoms with van der Waals surface area (Å²) >= 11 is 6.77. The van der Waals surface area contributed by atoms with Crippen LogP contribution >= 0.6 is 24.0 Å². The van der Waals surface area contributed by atoms with Gasteiger partial charge < -0.3 is 9.47 Å². The first-order valence-electron chi connectivity index (χ1n) is 8.09. The number of ether oxygens (including phenoxy) is 2. The number of methoxy groups -OCH3 is 2. The van der Waals surface area contributed by atoms with Gasteiger partial charge in [-0.2, -0.15) is 0 Å². The maximum Gasteiger partial charge on any atom is 0.266 e. The molecule has 1 aliphatic heterocycles. The molecule has 4 nitrogen and oxygen atoms in total. The van der Waals surface area contributed by atoms with Gasteiger partial charge in [0.05, 0.1) is 25.2 Å². The molecule has 0 saturated carbocycles. The summed E-state index contributed by atoms with van der Waals surface area (Å²) in [7, 11) is 3.19. The van der Waals surface area contributed by atoms with E-state index < -0.39 is 0 Å². The van der Waals surface area contributed by atoms with E-state index in [0.29, 0.717) is 20.7 Å². The van der Waals surface area contributed by atoms with Gasteiger partial charge in [0.1, 0.15) is 15.8 Å². The highest BCUT2D eigenvalue weighted by molar-refractivity contribution is 8.26. The number of benzene rings is 2. The minimum absolute atomic E-state index is 0.0887. The molecule has 0 radical (unpaired) electrons. The average Bonchev–Trinajstić information content (AvgIpc) is 2.95. The first-order chi connectivity index (χ1) is 12.5. The van der Waals surface area contributed by atoms with Crippen molar-refractivity contribution in [2.75, 3.05) is 14.2 Å². The summed E-state index contributed by atoms with van der Waals surface area (Å²) in [4.78, 5) is 15.2. The van der Waals surface area contributed by atoms with E-state index in [2.05, 4.69) is 0 Å². The second kappa shape index (κ2) is 7.93. The normalized spacial score (nSPS) is 16.9. The number of nitrogens with zero attached hydrogens (tertiary/aromatic N) is 1. The van der Waals surface area contributed by atoms with Crippen LogP contribution in [-0.4, -0.2) is 29.3 Å². The molecule has 1 heterocycles. The molecular weight excluding hydrogens is 366 g/mol. The molecule has 3 rings (SSSR count). The van der Waals surface area contributed by atoms with Crippen molar-refractivity contribution in [3.05, 3.63) is 64.6 Å². The van der Waals surface area contributed by atoms with E-state index in [1.807, 2.05) is 55.5 Å². The van der Waals surface area contributed by atoms with Gasteiger partial charge in [0.2, 0.25) is 0 Å². The van der Waals surface area contributed by atoms with E-state index in [1.165, 1.54) is 11.8 Å². The lowest BCUT2D eigenvalue weighted by Gasteiger charge is -2.23. The largest absolute Gasteiger partial charge is 0.497 e. The number of hydrogen-bond acceptors (Lipinski definition) is 5. The molecule has 1 amide bonds. The van der Waals surface area contributed by atoms with Crippen molar-refractivity contribution in [1.29, 1.82) is 0 Å². The minimum atomic E-state index is -0.118. The Morgan fingerprint density at radius 3 is 2.50 bits per heavy atom. The van der Waals surface area contributed by atoms with Crippen LogP contribution in [0.15, 0.2) is 53.4 Å². The highest BCUT2D eigenvalue weighted by atomic mass is 32.2. The molecule has 1 aliphatic rings. The van der Waals surface area contributed by atoms with Gasteiger partial charge in [0.15, 0.2) is 0 Å². The molecule has 0 N–H and O–H groups in total. The zero-order chi connectivity index (χ0) is 18.7.